The molecule has 1 aromatic heterocycles. The van der Waals surface area contributed by atoms with Gasteiger partial charge in [-0.15, -0.1) is 11.8 Å². The van der Waals surface area contributed by atoms with E-state index in [1.807, 2.05) is 60.1 Å². The summed E-state index contributed by atoms with van der Waals surface area (Å²) in [7, 11) is 1.94. The Balaban J connectivity index is 1.93. The highest BCUT2D eigenvalue weighted by molar-refractivity contribution is 7.98. The topological polar surface area (TPSA) is 51.5 Å². The molecule has 0 fully saturated rings. The van der Waals surface area contributed by atoms with Gasteiger partial charge < -0.3 is 14.4 Å². The summed E-state index contributed by atoms with van der Waals surface area (Å²) >= 11 is 7.87. The van der Waals surface area contributed by atoms with Crippen molar-refractivity contribution in [2.75, 3.05) is 6.61 Å². The van der Waals surface area contributed by atoms with Crippen molar-refractivity contribution in [3.05, 3.63) is 70.9 Å². The van der Waals surface area contributed by atoms with E-state index in [-0.39, 0.29) is 18.3 Å². The number of aromatic hydroxyl groups is 1. The van der Waals surface area contributed by atoms with Gasteiger partial charge in [0.25, 0.3) is 0 Å². The number of carbonyl (C=O) groups is 1. The number of carbonyl (C=O) groups excluding carboxylic acids is 1. The standard InChI is InChI=1S/C23H20ClNO3S/c1-3-28-23(27)21-16-12-19(26)14-8-4-5-9-15(14)22(16)25(2)18(21)13-29-20-11-7-6-10-17(20)24/h4-12,26H,3,13H2,1-2H3. The zero-order valence-electron chi connectivity index (χ0n) is 16.1. The van der Waals surface area contributed by atoms with Crippen molar-refractivity contribution >= 4 is 51.0 Å². The van der Waals surface area contributed by atoms with Gasteiger partial charge in [0.2, 0.25) is 0 Å². The lowest BCUT2D eigenvalue weighted by Gasteiger charge is -2.09. The minimum Gasteiger partial charge on any atom is -0.507 e. The maximum absolute atomic E-state index is 12.9. The monoisotopic (exact) mass is 425 g/mol. The zero-order valence-corrected chi connectivity index (χ0v) is 17.7. The summed E-state index contributed by atoms with van der Waals surface area (Å²) in [5.41, 5.74) is 2.22. The van der Waals surface area contributed by atoms with E-state index in [1.54, 1.807) is 24.8 Å². The molecule has 4 nitrogen and oxygen atoms in total. The number of aromatic nitrogens is 1. The first-order chi connectivity index (χ1) is 14.0. The van der Waals surface area contributed by atoms with Gasteiger partial charge in [0.1, 0.15) is 5.75 Å². The molecule has 6 heteroatoms. The van der Waals surface area contributed by atoms with E-state index in [1.165, 1.54) is 0 Å². The van der Waals surface area contributed by atoms with E-state index in [4.69, 9.17) is 16.3 Å². The van der Waals surface area contributed by atoms with Gasteiger partial charge in [0.05, 0.1) is 22.7 Å². The van der Waals surface area contributed by atoms with Crippen molar-refractivity contribution in [3.8, 4) is 5.75 Å². The molecule has 1 N–H and O–H groups in total. The Bertz CT molecular complexity index is 1230. The number of aryl methyl sites for hydroxylation is 1. The first-order valence-corrected chi connectivity index (χ1v) is 10.7. The number of benzene rings is 3. The third-order valence-corrected chi connectivity index (χ3v) is 6.50. The number of hydrogen-bond donors (Lipinski definition) is 1. The van der Waals surface area contributed by atoms with E-state index in [2.05, 4.69) is 0 Å². The van der Waals surface area contributed by atoms with Gasteiger partial charge in [0, 0.05) is 39.5 Å². The summed E-state index contributed by atoms with van der Waals surface area (Å²) in [5.74, 6) is 0.301. The molecular weight excluding hydrogens is 406 g/mol. The molecule has 0 amide bonds. The van der Waals surface area contributed by atoms with E-state index in [0.717, 1.165) is 26.9 Å². The molecule has 0 unspecified atom stereocenters. The largest absolute Gasteiger partial charge is 0.507 e. The molecule has 148 valence electrons. The minimum absolute atomic E-state index is 0.148. The van der Waals surface area contributed by atoms with Crippen LogP contribution >= 0.6 is 23.4 Å². The molecule has 4 aromatic rings. The fraction of sp³-hybridized carbons (Fsp3) is 0.174. The second kappa shape index (κ2) is 8.01. The van der Waals surface area contributed by atoms with Gasteiger partial charge in [-0.05, 0) is 25.1 Å². The maximum Gasteiger partial charge on any atom is 0.340 e. The summed E-state index contributed by atoms with van der Waals surface area (Å²) < 4.78 is 7.37. The zero-order chi connectivity index (χ0) is 20.5. The van der Waals surface area contributed by atoms with Crippen LogP contribution in [0.15, 0.2) is 59.5 Å². The number of thioether (sulfide) groups is 1. The molecule has 0 atom stereocenters. The number of rotatable bonds is 5. The van der Waals surface area contributed by atoms with Crippen molar-refractivity contribution in [1.82, 2.24) is 4.57 Å². The van der Waals surface area contributed by atoms with Crippen LogP contribution in [0.3, 0.4) is 0 Å². The molecular formula is C23H20ClNO3S. The lowest BCUT2D eigenvalue weighted by atomic mass is 10.0. The Morgan fingerprint density at radius 3 is 2.52 bits per heavy atom. The molecule has 0 aliphatic rings. The Hall–Kier alpha value is -2.63. The molecule has 0 aliphatic carbocycles. The van der Waals surface area contributed by atoms with Crippen molar-refractivity contribution in [3.63, 3.8) is 0 Å². The maximum atomic E-state index is 12.9. The molecule has 0 spiro atoms. The van der Waals surface area contributed by atoms with Gasteiger partial charge in [-0.1, -0.05) is 48.0 Å². The molecule has 0 aliphatic heterocycles. The first kappa shape index (κ1) is 19.7. The number of fused-ring (bicyclic) bond motifs is 3. The van der Waals surface area contributed by atoms with Crippen molar-refractivity contribution in [1.29, 1.82) is 0 Å². The molecule has 1 heterocycles. The summed E-state index contributed by atoms with van der Waals surface area (Å²) in [6.45, 7) is 2.07. The van der Waals surface area contributed by atoms with Crippen LogP contribution in [0.1, 0.15) is 23.0 Å². The average Bonchev–Trinajstić information content (AvgIpc) is 2.99. The predicted octanol–water partition coefficient (Wildman–Crippen LogP) is 6.16. The van der Waals surface area contributed by atoms with Crippen LogP contribution in [0, 0.1) is 0 Å². The summed E-state index contributed by atoms with van der Waals surface area (Å²) in [6, 6.07) is 16.9. The fourth-order valence-corrected chi connectivity index (χ4v) is 4.97. The highest BCUT2D eigenvalue weighted by Crippen LogP contribution is 2.39. The number of hydrogen-bond acceptors (Lipinski definition) is 4. The normalized spacial score (nSPS) is 11.3. The number of phenols is 1. The minimum atomic E-state index is -0.387. The number of nitrogens with zero attached hydrogens (tertiary/aromatic N) is 1. The Morgan fingerprint density at radius 1 is 1.10 bits per heavy atom. The number of ether oxygens (including phenoxy) is 1. The third-order valence-electron chi connectivity index (χ3n) is 4.97. The third kappa shape index (κ3) is 3.45. The Kier molecular flexibility index (Phi) is 5.43. The lowest BCUT2D eigenvalue weighted by Crippen LogP contribution is -2.08. The van der Waals surface area contributed by atoms with Crippen LogP contribution in [0.4, 0.5) is 0 Å². The summed E-state index contributed by atoms with van der Waals surface area (Å²) in [5, 5.41) is 13.6. The van der Waals surface area contributed by atoms with Gasteiger partial charge in [-0.25, -0.2) is 4.79 Å². The van der Waals surface area contributed by atoms with Crippen LogP contribution in [0.5, 0.6) is 5.75 Å². The molecule has 0 saturated carbocycles. The average molecular weight is 426 g/mol. The number of esters is 1. The van der Waals surface area contributed by atoms with E-state index < -0.39 is 0 Å². The predicted molar refractivity (Wildman–Crippen MR) is 119 cm³/mol. The van der Waals surface area contributed by atoms with Gasteiger partial charge in [-0.2, -0.15) is 0 Å². The van der Waals surface area contributed by atoms with Crippen molar-refractivity contribution < 1.29 is 14.6 Å². The second-order valence-electron chi connectivity index (χ2n) is 6.66. The highest BCUT2D eigenvalue weighted by atomic mass is 35.5. The van der Waals surface area contributed by atoms with Gasteiger partial charge in [-0.3, -0.25) is 0 Å². The molecule has 0 radical (unpaired) electrons. The molecule has 0 bridgehead atoms. The van der Waals surface area contributed by atoms with Crippen molar-refractivity contribution in [2.45, 2.75) is 17.6 Å². The van der Waals surface area contributed by atoms with Crippen LogP contribution in [0.2, 0.25) is 5.02 Å². The van der Waals surface area contributed by atoms with Crippen molar-refractivity contribution in [2.24, 2.45) is 7.05 Å². The molecule has 0 saturated heterocycles. The summed E-state index contributed by atoms with van der Waals surface area (Å²) in [4.78, 5) is 13.8. The van der Waals surface area contributed by atoms with Gasteiger partial charge in [0.15, 0.2) is 0 Å². The van der Waals surface area contributed by atoms with Crippen LogP contribution in [-0.2, 0) is 17.5 Å². The first-order valence-electron chi connectivity index (χ1n) is 9.29. The smallest absolute Gasteiger partial charge is 0.340 e. The number of phenolic OH excluding ortho intramolecular Hbond substituents is 1. The highest BCUT2D eigenvalue weighted by Gasteiger charge is 2.24. The summed E-state index contributed by atoms with van der Waals surface area (Å²) in [6.07, 6.45) is 0. The van der Waals surface area contributed by atoms with E-state index in [9.17, 15) is 9.90 Å². The van der Waals surface area contributed by atoms with Crippen LogP contribution < -0.4 is 0 Å². The van der Waals surface area contributed by atoms with E-state index in [0.29, 0.717) is 21.7 Å². The van der Waals surface area contributed by atoms with Crippen LogP contribution in [-0.4, -0.2) is 22.2 Å². The Labute approximate surface area is 178 Å². The van der Waals surface area contributed by atoms with E-state index >= 15 is 0 Å². The Morgan fingerprint density at radius 2 is 1.79 bits per heavy atom. The lowest BCUT2D eigenvalue weighted by molar-refractivity contribution is 0.0527. The number of halogens is 1. The molecule has 4 rings (SSSR count). The SMILES string of the molecule is CCOC(=O)c1c(CSc2ccccc2Cl)n(C)c2c1cc(O)c1ccccc12. The second-order valence-corrected chi connectivity index (χ2v) is 8.08. The fourth-order valence-electron chi connectivity index (χ4n) is 3.66. The van der Waals surface area contributed by atoms with Gasteiger partial charge >= 0.3 is 5.97 Å². The molecule has 3 aromatic carbocycles. The van der Waals surface area contributed by atoms with Crippen LogP contribution in [0.25, 0.3) is 21.7 Å². The molecule has 29 heavy (non-hydrogen) atoms. The quantitative estimate of drug-likeness (QED) is 0.307.